The Morgan fingerprint density at radius 3 is 2.57 bits per heavy atom. The lowest BCUT2D eigenvalue weighted by atomic mass is 10.2. The van der Waals surface area contributed by atoms with Gasteiger partial charge < -0.3 is 14.8 Å². The summed E-state index contributed by atoms with van der Waals surface area (Å²) in [6.07, 6.45) is 1.70. The number of benzene rings is 3. The van der Waals surface area contributed by atoms with Crippen molar-refractivity contribution in [2.45, 2.75) is 0 Å². The van der Waals surface area contributed by atoms with Gasteiger partial charge in [-0.1, -0.05) is 71.4 Å². The number of hydrogen-bond acceptors (Lipinski definition) is 6. The molecule has 1 aliphatic heterocycles. The Balaban J connectivity index is 1.48. The van der Waals surface area contributed by atoms with E-state index in [9.17, 15) is 9.59 Å². The second kappa shape index (κ2) is 11.1. The van der Waals surface area contributed by atoms with Crippen molar-refractivity contribution in [3.8, 4) is 11.5 Å². The predicted molar refractivity (Wildman–Crippen MR) is 146 cm³/mol. The Bertz CT molecular complexity index is 1330. The lowest BCUT2D eigenvalue weighted by Gasteiger charge is -2.14. The van der Waals surface area contributed by atoms with Crippen LogP contribution in [-0.2, 0) is 9.59 Å². The van der Waals surface area contributed by atoms with Gasteiger partial charge in [0.15, 0.2) is 10.9 Å². The molecule has 0 unspecified atom stereocenters. The van der Waals surface area contributed by atoms with E-state index in [0.29, 0.717) is 42.7 Å². The van der Waals surface area contributed by atoms with Gasteiger partial charge in [-0.2, -0.15) is 0 Å². The quantitative estimate of drug-likeness (QED) is 0.273. The molecule has 6 nitrogen and oxygen atoms in total. The molecule has 3 aromatic carbocycles. The second-order valence-corrected chi connectivity index (χ2v) is 9.65. The van der Waals surface area contributed by atoms with E-state index in [1.165, 1.54) is 16.7 Å². The minimum Gasteiger partial charge on any atom is -0.497 e. The number of anilines is 2. The van der Waals surface area contributed by atoms with E-state index in [1.54, 1.807) is 73.8 Å². The molecule has 178 valence electrons. The van der Waals surface area contributed by atoms with Gasteiger partial charge in [-0.3, -0.25) is 14.5 Å². The molecule has 3 aromatic rings. The summed E-state index contributed by atoms with van der Waals surface area (Å²) in [6.45, 7) is -0.263. The molecule has 1 heterocycles. The average molecular weight is 545 g/mol. The number of thioether (sulfide) groups is 1. The van der Waals surface area contributed by atoms with E-state index >= 15 is 0 Å². The molecule has 35 heavy (non-hydrogen) atoms. The van der Waals surface area contributed by atoms with E-state index in [-0.39, 0.29) is 17.5 Å². The molecular formula is C25H18Cl2N2O4S2. The first-order chi connectivity index (χ1) is 16.9. The van der Waals surface area contributed by atoms with Crippen molar-refractivity contribution in [3.63, 3.8) is 0 Å². The fourth-order valence-corrected chi connectivity index (χ4v) is 4.86. The van der Waals surface area contributed by atoms with Crippen molar-refractivity contribution in [1.82, 2.24) is 0 Å². The van der Waals surface area contributed by atoms with Gasteiger partial charge in [-0.25, -0.2) is 0 Å². The Hall–Kier alpha value is -3.04. The molecule has 1 saturated heterocycles. The van der Waals surface area contributed by atoms with Gasteiger partial charge in [0.2, 0.25) is 0 Å². The van der Waals surface area contributed by atoms with E-state index in [4.69, 9.17) is 44.9 Å². The lowest BCUT2D eigenvalue weighted by molar-refractivity contribution is -0.118. The number of thiocarbonyl (C=S) groups is 1. The van der Waals surface area contributed by atoms with Crippen LogP contribution < -0.4 is 19.7 Å². The first-order valence-electron chi connectivity index (χ1n) is 10.2. The molecule has 0 aliphatic carbocycles. The second-order valence-electron chi connectivity index (χ2n) is 7.19. The van der Waals surface area contributed by atoms with Crippen molar-refractivity contribution >= 4 is 80.8 Å². The zero-order chi connectivity index (χ0) is 24.9. The van der Waals surface area contributed by atoms with Crippen LogP contribution in [0.2, 0.25) is 10.0 Å². The zero-order valence-corrected chi connectivity index (χ0v) is 21.4. The molecule has 0 aromatic heterocycles. The highest BCUT2D eigenvalue weighted by molar-refractivity contribution is 8.27. The summed E-state index contributed by atoms with van der Waals surface area (Å²) >= 11 is 18.8. The van der Waals surface area contributed by atoms with Crippen LogP contribution in [0.1, 0.15) is 5.56 Å². The number of rotatable bonds is 7. The van der Waals surface area contributed by atoms with Gasteiger partial charge in [-0.15, -0.1) is 0 Å². The van der Waals surface area contributed by atoms with E-state index in [1.807, 2.05) is 6.07 Å². The van der Waals surface area contributed by atoms with Gasteiger partial charge in [0.05, 0.1) is 33.4 Å². The predicted octanol–water partition coefficient (Wildman–Crippen LogP) is 6.43. The van der Waals surface area contributed by atoms with Gasteiger partial charge in [0.25, 0.3) is 11.8 Å². The maximum atomic E-state index is 13.1. The van der Waals surface area contributed by atoms with Crippen molar-refractivity contribution in [3.05, 3.63) is 87.2 Å². The highest BCUT2D eigenvalue weighted by Crippen LogP contribution is 2.37. The molecule has 1 aliphatic rings. The molecule has 0 bridgehead atoms. The molecule has 2 amide bonds. The minimum atomic E-state index is -0.408. The summed E-state index contributed by atoms with van der Waals surface area (Å²) in [5.41, 5.74) is 1.68. The van der Waals surface area contributed by atoms with Crippen LogP contribution in [0.5, 0.6) is 11.5 Å². The van der Waals surface area contributed by atoms with Crippen LogP contribution in [-0.4, -0.2) is 29.9 Å². The molecule has 10 heteroatoms. The van der Waals surface area contributed by atoms with Crippen LogP contribution in [0.4, 0.5) is 11.4 Å². The number of hydrogen-bond donors (Lipinski definition) is 1. The summed E-state index contributed by atoms with van der Waals surface area (Å²) in [7, 11) is 1.58. The smallest absolute Gasteiger partial charge is 0.270 e. The van der Waals surface area contributed by atoms with E-state index in [0.717, 1.165) is 0 Å². The number of amides is 2. The highest BCUT2D eigenvalue weighted by atomic mass is 35.5. The monoisotopic (exact) mass is 544 g/mol. The summed E-state index contributed by atoms with van der Waals surface area (Å²) in [5, 5.41) is 3.26. The van der Waals surface area contributed by atoms with Crippen LogP contribution in [0, 0.1) is 0 Å². The third kappa shape index (κ3) is 5.79. The maximum Gasteiger partial charge on any atom is 0.270 e. The molecule has 1 fully saturated rings. The SMILES string of the molecule is COc1ccc(N2C(=O)/C(=C/c3ccccc3OCC(=O)Nc3cccc(Cl)c3Cl)SC2=S)cc1. The van der Waals surface area contributed by atoms with Crippen molar-refractivity contribution in [1.29, 1.82) is 0 Å². The third-order valence-corrected chi connectivity index (χ3v) is 7.04. The Morgan fingerprint density at radius 2 is 1.83 bits per heavy atom. The first kappa shape index (κ1) is 25.1. The third-order valence-electron chi connectivity index (χ3n) is 4.91. The van der Waals surface area contributed by atoms with Crippen LogP contribution in [0.15, 0.2) is 71.6 Å². The standard InChI is InChI=1S/C25H18Cl2N2O4S2/c1-32-17-11-9-16(10-12-17)29-24(31)21(35-25(29)34)13-15-5-2-3-8-20(15)33-14-22(30)28-19-7-4-6-18(26)23(19)27/h2-13H,14H2,1H3,(H,28,30)/b21-13-. The largest absolute Gasteiger partial charge is 0.497 e. The first-order valence-corrected chi connectivity index (χ1v) is 12.2. The summed E-state index contributed by atoms with van der Waals surface area (Å²) in [6, 6.07) is 19.1. The van der Waals surface area contributed by atoms with Gasteiger partial charge >= 0.3 is 0 Å². The number of nitrogens with zero attached hydrogens (tertiary/aromatic N) is 1. The summed E-state index contributed by atoms with van der Waals surface area (Å²) < 4.78 is 11.3. The normalized spacial score (nSPS) is 14.4. The Labute approximate surface area is 221 Å². The van der Waals surface area contributed by atoms with Crippen molar-refractivity contribution < 1.29 is 19.1 Å². The summed E-state index contributed by atoms with van der Waals surface area (Å²) in [5.74, 6) is 0.472. The number of nitrogens with one attached hydrogen (secondary N) is 1. The molecular weight excluding hydrogens is 527 g/mol. The molecule has 0 atom stereocenters. The van der Waals surface area contributed by atoms with Crippen molar-refractivity contribution in [2.24, 2.45) is 0 Å². The van der Waals surface area contributed by atoms with Gasteiger partial charge in [0, 0.05) is 5.56 Å². The number of carbonyl (C=O) groups is 2. The lowest BCUT2D eigenvalue weighted by Crippen LogP contribution is -2.27. The van der Waals surface area contributed by atoms with Crippen LogP contribution in [0.25, 0.3) is 6.08 Å². The fourth-order valence-electron chi connectivity index (χ4n) is 3.22. The Kier molecular flexibility index (Phi) is 7.97. The number of ether oxygens (including phenoxy) is 2. The molecule has 1 N–H and O–H groups in total. The topological polar surface area (TPSA) is 67.9 Å². The van der Waals surface area contributed by atoms with Gasteiger partial charge in [-0.05, 0) is 48.5 Å². The average Bonchev–Trinajstić information content (AvgIpc) is 3.14. The number of halogens is 2. The van der Waals surface area contributed by atoms with Gasteiger partial charge in [0.1, 0.15) is 11.5 Å². The highest BCUT2D eigenvalue weighted by Gasteiger charge is 2.33. The number of methoxy groups -OCH3 is 1. The minimum absolute atomic E-state index is 0.242. The fraction of sp³-hybridized carbons (Fsp3) is 0.0800. The van der Waals surface area contributed by atoms with Crippen molar-refractivity contribution in [2.75, 3.05) is 23.9 Å². The molecule has 4 rings (SSSR count). The zero-order valence-electron chi connectivity index (χ0n) is 18.3. The number of carbonyl (C=O) groups excluding carboxylic acids is 2. The molecule has 0 saturated carbocycles. The molecule has 0 spiro atoms. The van der Waals surface area contributed by atoms with E-state index in [2.05, 4.69) is 5.32 Å². The Morgan fingerprint density at radius 1 is 1.09 bits per heavy atom. The van der Waals surface area contributed by atoms with Crippen LogP contribution in [0.3, 0.4) is 0 Å². The van der Waals surface area contributed by atoms with E-state index < -0.39 is 5.91 Å². The van der Waals surface area contributed by atoms with Crippen LogP contribution >= 0.6 is 47.2 Å². The number of para-hydroxylation sites is 1. The maximum absolute atomic E-state index is 13.1. The summed E-state index contributed by atoms with van der Waals surface area (Å²) in [4.78, 5) is 27.4. The molecule has 0 radical (unpaired) electrons.